The lowest BCUT2D eigenvalue weighted by molar-refractivity contribution is 0.0935. The Hall–Kier alpha value is -3.02. The molecule has 4 N–H and O–H groups in total. The standard InChI is InChI=1S/C16H17N3O3/c1-10-6-5-7-11(2)14(10)17-16(22)19-18-15(21)12-8-3-4-9-13(12)20/h3-9,20H,1-2H3,(H,18,21)(H2,17,19,22). The fraction of sp³-hybridized carbons (Fsp3) is 0.125. The highest BCUT2D eigenvalue weighted by Crippen LogP contribution is 2.19. The molecule has 2 rings (SSSR count). The number of rotatable bonds is 2. The second-order valence-corrected chi connectivity index (χ2v) is 4.82. The van der Waals surface area contributed by atoms with E-state index in [1.807, 2.05) is 32.0 Å². The van der Waals surface area contributed by atoms with Crippen LogP contribution in [-0.4, -0.2) is 17.0 Å². The number of carbonyl (C=O) groups excluding carboxylic acids is 2. The number of nitrogens with one attached hydrogen (secondary N) is 3. The van der Waals surface area contributed by atoms with Crippen LogP contribution in [0.4, 0.5) is 10.5 Å². The summed E-state index contributed by atoms with van der Waals surface area (Å²) in [6.45, 7) is 3.76. The van der Waals surface area contributed by atoms with Crippen molar-refractivity contribution in [2.45, 2.75) is 13.8 Å². The van der Waals surface area contributed by atoms with Crippen molar-refractivity contribution in [2.24, 2.45) is 0 Å². The zero-order valence-corrected chi connectivity index (χ0v) is 12.3. The van der Waals surface area contributed by atoms with Gasteiger partial charge in [0.05, 0.1) is 5.56 Å². The number of para-hydroxylation sites is 2. The maximum absolute atomic E-state index is 11.8. The molecule has 0 atom stereocenters. The van der Waals surface area contributed by atoms with Crippen LogP contribution >= 0.6 is 0 Å². The molecule has 0 radical (unpaired) electrons. The number of phenols is 1. The molecule has 0 spiro atoms. The van der Waals surface area contributed by atoms with Crippen LogP contribution in [0.1, 0.15) is 21.5 Å². The average molecular weight is 299 g/mol. The summed E-state index contributed by atoms with van der Waals surface area (Å²) in [7, 11) is 0. The number of hydrogen-bond acceptors (Lipinski definition) is 3. The molecular weight excluding hydrogens is 282 g/mol. The largest absolute Gasteiger partial charge is 0.507 e. The molecule has 114 valence electrons. The van der Waals surface area contributed by atoms with Gasteiger partial charge in [-0.1, -0.05) is 30.3 Å². The number of amides is 3. The molecule has 0 aliphatic heterocycles. The van der Waals surface area contributed by atoms with Gasteiger partial charge in [0, 0.05) is 5.69 Å². The molecular formula is C16H17N3O3. The number of carbonyl (C=O) groups is 2. The Morgan fingerprint density at radius 1 is 0.909 bits per heavy atom. The molecule has 0 aliphatic rings. The molecule has 3 amide bonds. The number of aromatic hydroxyl groups is 1. The molecule has 0 saturated carbocycles. The van der Waals surface area contributed by atoms with Crippen molar-refractivity contribution in [2.75, 3.05) is 5.32 Å². The van der Waals surface area contributed by atoms with Gasteiger partial charge >= 0.3 is 6.03 Å². The van der Waals surface area contributed by atoms with Crippen LogP contribution in [0.3, 0.4) is 0 Å². The van der Waals surface area contributed by atoms with Gasteiger partial charge in [0.1, 0.15) is 5.75 Å². The van der Waals surface area contributed by atoms with E-state index in [0.717, 1.165) is 11.1 Å². The van der Waals surface area contributed by atoms with Crippen molar-refractivity contribution in [1.82, 2.24) is 10.9 Å². The Bertz CT molecular complexity index is 693. The van der Waals surface area contributed by atoms with Crippen molar-refractivity contribution in [3.8, 4) is 5.75 Å². The van der Waals surface area contributed by atoms with E-state index >= 15 is 0 Å². The summed E-state index contributed by atoms with van der Waals surface area (Å²) in [5.74, 6) is -0.758. The minimum Gasteiger partial charge on any atom is -0.507 e. The van der Waals surface area contributed by atoms with E-state index in [-0.39, 0.29) is 11.3 Å². The summed E-state index contributed by atoms with van der Waals surface area (Å²) in [6, 6.07) is 11.2. The van der Waals surface area contributed by atoms with Crippen molar-refractivity contribution < 1.29 is 14.7 Å². The third kappa shape index (κ3) is 3.54. The maximum Gasteiger partial charge on any atom is 0.337 e. The lowest BCUT2D eigenvalue weighted by atomic mass is 10.1. The van der Waals surface area contributed by atoms with E-state index in [2.05, 4.69) is 16.2 Å². The highest BCUT2D eigenvalue weighted by molar-refractivity contribution is 5.99. The molecule has 2 aromatic carbocycles. The summed E-state index contributed by atoms with van der Waals surface area (Å²) in [5.41, 5.74) is 7.10. The molecule has 0 fully saturated rings. The lowest BCUT2D eigenvalue weighted by Crippen LogP contribution is -2.44. The van der Waals surface area contributed by atoms with Gasteiger partial charge in [-0.25, -0.2) is 10.2 Å². The Labute approximate surface area is 128 Å². The van der Waals surface area contributed by atoms with E-state index < -0.39 is 11.9 Å². The molecule has 0 heterocycles. The van der Waals surface area contributed by atoms with Gasteiger partial charge in [-0.3, -0.25) is 10.2 Å². The third-order valence-corrected chi connectivity index (χ3v) is 3.16. The van der Waals surface area contributed by atoms with Gasteiger partial charge in [-0.15, -0.1) is 0 Å². The molecule has 0 saturated heterocycles. The van der Waals surface area contributed by atoms with E-state index in [0.29, 0.717) is 5.69 Å². The molecule has 0 bridgehead atoms. The van der Waals surface area contributed by atoms with Crippen molar-refractivity contribution in [3.63, 3.8) is 0 Å². The summed E-state index contributed by atoms with van der Waals surface area (Å²) >= 11 is 0. The van der Waals surface area contributed by atoms with Crippen LogP contribution in [0.25, 0.3) is 0 Å². The number of benzene rings is 2. The molecule has 0 aliphatic carbocycles. The first-order chi connectivity index (χ1) is 10.5. The number of hydrazine groups is 1. The Morgan fingerprint density at radius 3 is 2.18 bits per heavy atom. The average Bonchev–Trinajstić information content (AvgIpc) is 2.49. The fourth-order valence-corrected chi connectivity index (χ4v) is 2.00. The highest BCUT2D eigenvalue weighted by Gasteiger charge is 2.12. The number of anilines is 1. The first kappa shape index (κ1) is 15.4. The number of phenolic OH excluding ortho intramolecular Hbond substituents is 1. The topological polar surface area (TPSA) is 90.5 Å². The van der Waals surface area contributed by atoms with E-state index in [1.54, 1.807) is 12.1 Å². The summed E-state index contributed by atoms with van der Waals surface area (Å²) in [6.07, 6.45) is 0. The predicted octanol–water partition coefficient (Wildman–Crippen LogP) is 2.48. The van der Waals surface area contributed by atoms with Gasteiger partial charge in [0.15, 0.2) is 0 Å². The van der Waals surface area contributed by atoms with Crippen LogP contribution < -0.4 is 16.2 Å². The van der Waals surface area contributed by atoms with Gasteiger partial charge in [0.2, 0.25) is 0 Å². The van der Waals surface area contributed by atoms with E-state index in [9.17, 15) is 14.7 Å². The lowest BCUT2D eigenvalue weighted by Gasteiger charge is -2.13. The van der Waals surface area contributed by atoms with Crippen LogP contribution in [0.2, 0.25) is 0 Å². The molecule has 22 heavy (non-hydrogen) atoms. The van der Waals surface area contributed by atoms with Gasteiger partial charge in [-0.2, -0.15) is 0 Å². The van der Waals surface area contributed by atoms with Crippen molar-refractivity contribution >= 4 is 17.6 Å². The number of aryl methyl sites for hydroxylation is 2. The summed E-state index contributed by atoms with van der Waals surface area (Å²) in [4.78, 5) is 23.7. The zero-order chi connectivity index (χ0) is 16.1. The van der Waals surface area contributed by atoms with Gasteiger partial charge < -0.3 is 10.4 Å². The fourth-order valence-electron chi connectivity index (χ4n) is 2.00. The second kappa shape index (κ2) is 6.62. The van der Waals surface area contributed by atoms with Crippen LogP contribution in [0, 0.1) is 13.8 Å². The minimum atomic E-state index is -0.602. The highest BCUT2D eigenvalue weighted by atomic mass is 16.3. The molecule has 2 aromatic rings. The quantitative estimate of drug-likeness (QED) is 0.642. The van der Waals surface area contributed by atoms with Gasteiger partial charge in [-0.05, 0) is 37.1 Å². The maximum atomic E-state index is 11.8. The second-order valence-electron chi connectivity index (χ2n) is 4.82. The minimum absolute atomic E-state index is 0.0786. The van der Waals surface area contributed by atoms with Crippen molar-refractivity contribution in [3.05, 3.63) is 59.2 Å². The number of urea groups is 1. The smallest absolute Gasteiger partial charge is 0.337 e. The van der Waals surface area contributed by atoms with E-state index in [4.69, 9.17) is 0 Å². The predicted molar refractivity (Wildman–Crippen MR) is 83.6 cm³/mol. The zero-order valence-electron chi connectivity index (χ0n) is 12.3. The van der Waals surface area contributed by atoms with Crippen LogP contribution in [-0.2, 0) is 0 Å². The molecule has 6 heteroatoms. The first-order valence-corrected chi connectivity index (χ1v) is 6.70. The normalized spacial score (nSPS) is 9.91. The molecule has 6 nitrogen and oxygen atoms in total. The molecule has 0 aromatic heterocycles. The van der Waals surface area contributed by atoms with Gasteiger partial charge in [0.25, 0.3) is 5.91 Å². The number of hydrogen-bond donors (Lipinski definition) is 4. The summed E-state index contributed by atoms with van der Waals surface area (Å²) in [5, 5.41) is 12.2. The van der Waals surface area contributed by atoms with Crippen LogP contribution in [0.5, 0.6) is 5.75 Å². The van der Waals surface area contributed by atoms with Crippen LogP contribution in [0.15, 0.2) is 42.5 Å². The molecule has 0 unspecified atom stereocenters. The Balaban J connectivity index is 1.96. The SMILES string of the molecule is Cc1cccc(C)c1NC(=O)NNC(=O)c1ccccc1O. The third-order valence-electron chi connectivity index (χ3n) is 3.16. The summed E-state index contributed by atoms with van der Waals surface area (Å²) < 4.78 is 0. The Morgan fingerprint density at radius 2 is 1.55 bits per heavy atom. The van der Waals surface area contributed by atoms with Crippen molar-refractivity contribution in [1.29, 1.82) is 0 Å². The Kier molecular flexibility index (Phi) is 4.63. The van der Waals surface area contributed by atoms with E-state index in [1.165, 1.54) is 12.1 Å². The first-order valence-electron chi connectivity index (χ1n) is 6.70. The monoisotopic (exact) mass is 299 g/mol.